The van der Waals surface area contributed by atoms with Crippen molar-refractivity contribution in [3.8, 4) is 0 Å². The molecular weight excluding hydrogens is 863 g/mol. The van der Waals surface area contributed by atoms with Gasteiger partial charge in [0.2, 0.25) is 5.91 Å². The summed E-state index contributed by atoms with van der Waals surface area (Å²) in [6.45, 7) is 4.07. The van der Waals surface area contributed by atoms with Crippen molar-refractivity contribution < 1.29 is 25.2 Å². The molecule has 6 nitrogen and oxygen atoms in total. The topological polar surface area (TPSA) is 110 Å². The minimum absolute atomic E-state index is 0.365. The maximum Gasteiger partial charge on any atom is 0.249 e. The van der Waals surface area contributed by atoms with Gasteiger partial charge in [-0.2, -0.15) is 0 Å². The van der Waals surface area contributed by atoms with Crippen LogP contribution in [0.15, 0.2) is 24.3 Å². The number of unbranched alkanes of at least 4 members (excludes halogenated alkanes) is 46. The van der Waals surface area contributed by atoms with Crippen LogP contribution in [0.1, 0.15) is 348 Å². The molecule has 0 saturated carbocycles. The van der Waals surface area contributed by atoms with E-state index >= 15 is 0 Å². The van der Waals surface area contributed by atoms with Crippen LogP contribution in [0.2, 0.25) is 0 Å². The SMILES string of the molecule is CCCCCCCCCCC/C=C/CC/C=C/CCCC(O)C(O)C(CO)NC(=O)C(O)CCCCCCCCCCCCCCCCCCCCCCCCCCCCCCCCCCCCCC. The average Bonchev–Trinajstić information content (AvgIpc) is 3.36. The molecule has 70 heavy (non-hydrogen) atoms. The average molecular weight is 989 g/mol. The Morgan fingerprint density at radius 2 is 0.600 bits per heavy atom. The lowest BCUT2D eigenvalue weighted by Gasteiger charge is -2.27. The number of allylic oxidation sites excluding steroid dienone is 4. The molecule has 0 heterocycles. The van der Waals surface area contributed by atoms with E-state index in [0.717, 1.165) is 38.5 Å². The van der Waals surface area contributed by atoms with Gasteiger partial charge < -0.3 is 25.7 Å². The summed E-state index contributed by atoms with van der Waals surface area (Å²) >= 11 is 0. The Bertz CT molecular complexity index is 1060. The van der Waals surface area contributed by atoms with Crippen molar-refractivity contribution in [3.63, 3.8) is 0 Å². The molecule has 416 valence electrons. The summed E-state index contributed by atoms with van der Waals surface area (Å²) in [5, 5.41) is 44.0. The molecule has 0 radical (unpaired) electrons. The van der Waals surface area contributed by atoms with Crippen LogP contribution in [0.25, 0.3) is 0 Å². The number of carbonyl (C=O) groups is 1. The van der Waals surface area contributed by atoms with Crippen LogP contribution in [0.5, 0.6) is 0 Å². The molecule has 0 aliphatic carbocycles. The van der Waals surface area contributed by atoms with E-state index in [-0.39, 0.29) is 0 Å². The molecule has 0 aliphatic heterocycles. The fraction of sp³-hybridized carbons (Fsp3) is 0.922. The fourth-order valence-corrected chi connectivity index (χ4v) is 10.2. The van der Waals surface area contributed by atoms with Crippen molar-refractivity contribution in [2.45, 2.75) is 372 Å². The van der Waals surface area contributed by atoms with Crippen molar-refractivity contribution in [2.75, 3.05) is 6.61 Å². The Morgan fingerprint density at radius 1 is 0.343 bits per heavy atom. The molecule has 4 atom stereocenters. The highest BCUT2D eigenvalue weighted by Crippen LogP contribution is 2.19. The maximum absolute atomic E-state index is 12.6. The monoisotopic (exact) mass is 988 g/mol. The molecule has 0 aliphatic rings. The first-order chi connectivity index (χ1) is 34.5. The van der Waals surface area contributed by atoms with Gasteiger partial charge in [0, 0.05) is 0 Å². The fourth-order valence-electron chi connectivity index (χ4n) is 10.2. The van der Waals surface area contributed by atoms with Gasteiger partial charge in [0.05, 0.1) is 18.8 Å². The number of carbonyl (C=O) groups excluding carboxylic acids is 1. The summed E-state index contributed by atoms with van der Waals surface area (Å²) in [5.41, 5.74) is 0. The Hall–Kier alpha value is -1.21. The van der Waals surface area contributed by atoms with Gasteiger partial charge in [-0.05, 0) is 51.4 Å². The summed E-state index contributed by atoms with van der Waals surface area (Å²) in [6, 6.07) is -1.01. The van der Waals surface area contributed by atoms with E-state index in [1.54, 1.807) is 0 Å². The van der Waals surface area contributed by atoms with Gasteiger partial charge >= 0.3 is 0 Å². The lowest BCUT2D eigenvalue weighted by atomic mass is 10.00. The lowest BCUT2D eigenvalue weighted by molar-refractivity contribution is -0.132. The Balaban J connectivity index is 3.53. The van der Waals surface area contributed by atoms with Gasteiger partial charge in [-0.25, -0.2) is 0 Å². The van der Waals surface area contributed by atoms with Crippen molar-refractivity contribution in [2.24, 2.45) is 0 Å². The third kappa shape index (κ3) is 51.7. The van der Waals surface area contributed by atoms with Crippen LogP contribution >= 0.6 is 0 Å². The largest absolute Gasteiger partial charge is 0.394 e. The first kappa shape index (κ1) is 68.8. The van der Waals surface area contributed by atoms with Crippen LogP contribution in [0.3, 0.4) is 0 Å². The molecule has 0 aromatic carbocycles. The van der Waals surface area contributed by atoms with E-state index in [0.29, 0.717) is 19.3 Å². The van der Waals surface area contributed by atoms with Crippen LogP contribution < -0.4 is 5.32 Å². The molecule has 0 fully saturated rings. The molecule has 0 aromatic rings. The van der Waals surface area contributed by atoms with E-state index in [2.05, 4.69) is 43.5 Å². The molecule has 4 unspecified atom stereocenters. The highest BCUT2D eigenvalue weighted by Gasteiger charge is 2.28. The van der Waals surface area contributed by atoms with Gasteiger partial charge in [0.25, 0.3) is 0 Å². The minimum Gasteiger partial charge on any atom is -0.394 e. The standard InChI is InChI=1S/C64H125NO5/c1-3-5-7-9-11-13-15-17-19-21-23-24-25-26-27-28-29-30-31-32-33-34-35-36-37-38-39-40-42-44-46-48-50-52-54-56-58-62(68)64(70)65-60(59-66)63(69)61(67)57-55-53-51-49-47-45-43-41-22-20-18-16-14-12-10-8-6-4-2/h41,43,49,51,60-63,66-69H,3-40,42,44-48,50,52-59H2,1-2H3,(H,65,70)/b43-41+,51-49+. The van der Waals surface area contributed by atoms with Gasteiger partial charge in [-0.3, -0.25) is 4.79 Å². The molecule has 0 saturated heterocycles. The predicted octanol–water partition coefficient (Wildman–Crippen LogP) is 19.0. The summed E-state index contributed by atoms with van der Waals surface area (Å²) in [5.74, 6) is -0.591. The normalized spacial score (nSPS) is 13.7. The van der Waals surface area contributed by atoms with Gasteiger partial charge in [-0.15, -0.1) is 0 Å². The summed E-state index contributed by atoms with van der Waals surface area (Å²) < 4.78 is 0. The van der Waals surface area contributed by atoms with Crippen LogP contribution in [-0.4, -0.2) is 57.3 Å². The van der Waals surface area contributed by atoms with Crippen molar-refractivity contribution in [1.82, 2.24) is 5.32 Å². The molecule has 0 bridgehead atoms. The Morgan fingerprint density at radius 3 is 0.900 bits per heavy atom. The van der Waals surface area contributed by atoms with E-state index in [4.69, 9.17) is 0 Å². The second-order valence-corrected chi connectivity index (χ2v) is 22.1. The van der Waals surface area contributed by atoms with Crippen molar-refractivity contribution in [3.05, 3.63) is 24.3 Å². The third-order valence-corrected chi connectivity index (χ3v) is 15.1. The number of hydrogen-bond acceptors (Lipinski definition) is 5. The number of nitrogens with one attached hydrogen (secondary N) is 1. The second kappa shape index (κ2) is 58.7. The highest BCUT2D eigenvalue weighted by molar-refractivity contribution is 5.80. The Kier molecular flexibility index (Phi) is 57.7. The second-order valence-electron chi connectivity index (χ2n) is 22.1. The number of amides is 1. The first-order valence-corrected chi connectivity index (χ1v) is 31.7. The van der Waals surface area contributed by atoms with Gasteiger partial charge in [0.1, 0.15) is 12.2 Å². The molecule has 5 N–H and O–H groups in total. The number of aliphatic hydroxyl groups is 4. The van der Waals surface area contributed by atoms with E-state index in [9.17, 15) is 25.2 Å². The van der Waals surface area contributed by atoms with E-state index in [1.807, 2.05) is 0 Å². The number of hydrogen-bond donors (Lipinski definition) is 5. The van der Waals surface area contributed by atoms with E-state index in [1.165, 1.54) is 276 Å². The maximum atomic E-state index is 12.6. The highest BCUT2D eigenvalue weighted by atomic mass is 16.3. The van der Waals surface area contributed by atoms with E-state index < -0.39 is 36.9 Å². The smallest absolute Gasteiger partial charge is 0.249 e. The molecular formula is C64H125NO5. The molecule has 1 amide bonds. The first-order valence-electron chi connectivity index (χ1n) is 31.7. The third-order valence-electron chi connectivity index (χ3n) is 15.1. The molecule has 0 rings (SSSR count). The summed E-state index contributed by atoms with van der Waals surface area (Å²) in [4.78, 5) is 12.6. The molecule has 0 spiro atoms. The molecule has 0 aromatic heterocycles. The van der Waals surface area contributed by atoms with Crippen molar-refractivity contribution in [1.29, 1.82) is 0 Å². The summed E-state index contributed by atoms with van der Waals surface area (Å²) in [7, 11) is 0. The van der Waals surface area contributed by atoms with Crippen LogP contribution in [0.4, 0.5) is 0 Å². The lowest BCUT2D eigenvalue weighted by Crippen LogP contribution is -2.53. The minimum atomic E-state index is -1.29. The number of aliphatic hydroxyl groups excluding tert-OH is 4. The zero-order valence-electron chi connectivity index (χ0n) is 47.3. The van der Waals surface area contributed by atoms with Gasteiger partial charge in [-0.1, -0.05) is 321 Å². The van der Waals surface area contributed by atoms with Crippen LogP contribution in [0, 0.1) is 0 Å². The number of rotatable bonds is 59. The predicted molar refractivity (Wildman–Crippen MR) is 307 cm³/mol. The van der Waals surface area contributed by atoms with Crippen molar-refractivity contribution >= 4 is 5.91 Å². The zero-order chi connectivity index (χ0) is 50.9. The Labute approximate surface area is 437 Å². The molecule has 6 heteroatoms. The van der Waals surface area contributed by atoms with Crippen LogP contribution in [-0.2, 0) is 4.79 Å². The summed E-state index contributed by atoms with van der Waals surface area (Å²) in [6.07, 6.45) is 72.9. The van der Waals surface area contributed by atoms with Gasteiger partial charge in [0.15, 0.2) is 0 Å². The quantitative estimate of drug-likeness (QED) is 0.0308. The zero-order valence-corrected chi connectivity index (χ0v) is 47.3.